The molecule has 0 atom stereocenters. The number of ketones is 1. The molecule has 2 aromatic carbocycles. The maximum Gasteiger partial charge on any atom is 0.201 e. The fraction of sp³-hybridized carbons (Fsp3) is 0. The van der Waals surface area contributed by atoms with Crippen molar-refractivity contribution in [3.63, 3.8) is 0 Å². The molecule has 0 spiro atoms. The Morgan fingerprint density at radius 3 is 2.45 bits per heavy atom. The molecule has 0 aliphatic carbocycles. The predicted octanol–water partition coefficient (Wildman–Crippen LogP) is 2.15. The number of hydrogen-bond donors (Lipinski definition) is 3. The van der Waals surface area contributed by atoms with E-state index in [9.17, 15) is 4.79 Å². The van der Waals surface area contributed by atoms with Crippen molar-refractivity contribution in [1.29, 1.82) is 10.7 Å². The quantitative estimate of drug-likeness (QED) is 0.339. The van der Waals surface area contributed by atoms with Crippen molar-refractivity contribution in [2.45, 2.75) is 0 Å². The van der Waals surface area contributed by atoms with Crippen LogP contribution in [0.25, 0.3) is 0 Å². The molecule has 0 unspecified atom stereocenters. The summed E-state index contributed by atoms with van der Waals surface area (Å²) >= 11 is 0. The second kappa shape index (κ2) is 6.81. The molecule has 0 amide bonds. The van der Waals surface area contributed by atoms with Gasteiger partial charge in [0, 0.05) is 11.1 Å². The number of carbonyl (C=O) groups excluding carboxylic acids is 1. The van der Waals surface area contributed by atoms with Crippen LogP contribution in [0.5, 0.6) is 0 Å². The molecule has 108 valence electrons. The zero-order valence-corrected chi connectivity index (χ0v) is 11.6. The Morgan fingerprint density at radius 2 is 1.82 bits per heavy atom. The highest BCUT2D eigenvalue weighted by molar-refractivity contribution is 6.45. The molecule has 6 nitrogen and oxygen atoms in total. The van der Waals surface area contributed by atoms with Gasteiger partial charge in [0.25, 0.3) is 0 Å². The summed E-state index contributed by atoms with van der Waals surface area (Å²) in [5.41, 5.74) is 9.20. The molecule has 0 saturated heterocycles. The summed E-state index contributed by atoms with van der Waals surface area (Å²) in [6.45, 7) is 0. The van der Waals surface area contributed by atoms with Crippen molar-refractivity contribution < 1.29 is 4.79 Å². The van der Waals surface area contributed by atoms with Crippen LogP contribution in [0.4, 0.5) is 5.69 Å². The predicted molar refractivity (Wildman–Crippen MR) is 84.9 cm³/mol. The minimum Gasteiger partial charge on any atom is -0.382 e. The zero-order chi connectivity index (χ0) is 15.9. The number of hydrogen-bond acceptors (Lipinski definition) is 5. The lowest BCUT2D eigenvalue weighted by Gasteiger charge is -2.05. The van der Waals surface area contributed by atoms with Crippen molar-refractivity contribution >= 4 is 23.0 Å². The number of rotatable bonds is 5. The van der Waals surface area contributed by atoms with Crippen LogP contribution in [0.15, 0.2) is 59.7 Å². The van der Waals surface area contributed by atoms with Gasteiger partial charge in [0.1, 0.15) is 6.07 Å². The summed E-state index contributed by atoms with van der Waals surface area (Å²) in [5, 5.41) is 19.7. The van der Waals surface area contributed by atoms with Crippen molar-refractivity contribution in [3.8, 4) is 6.07 Å². The fourth-order valence-corrected chi connectivity index (χ4v) is 1.75. The number of benzene rings is 2. The minimum absolute atomic E-state index is 0.111. The van der Waals surface area contributed by atoms with Crippen molar-refractivity contribution in [3.05, 3.63) is 65.7 Å². The molecule has 4 N–H and O–H groups in total. The van der Waals surface area contributed by atoms with Gasteiger partial charge in [-0.3, -0.25) is 15.6 Å². The molecule has 22 heavy (non-hydrogen) atoms. The largest absolute Gasteiger partial charge is 0.382 e. The summed E-state index contributed by atoms with van der Waals surface area (Å²) in [7, 11) is 0. The number of nitrogens with zero attached hydrogens (tertiary/aromatic N) is 2. The van der Waals surface area contributed by atoms with Gasteiger partial charge in [0.05, 0.1) is 5.69 Å². The first kappa shape index (κ1) is 14.9. The molecule has 0 bridgehead atoms. The first-order chi connectivity index (χ1) is 10.6. The van der Waals surface area contributed by atoms with E-state index in [0.29, 0.717) is 16.8 Å². The molecular formula is C16H13N5O. The minimum atomic E-state index is -0.425. The van der Waals surface area contributed by atoms with Crippen LogP contribution in [0.3, 0.4) is 0 Å². The van der Waals surface area contributed by atoms with E-state index >= 15 is 0 Å². The summed E-state index contributed by atoms with van der Waals surface area (Å²) in [4.78, 5) is 12.3. The maximum absolute atomic E-state index is 12.3. The van der Waals surface area contributed by atoms with Gasteiger partial charge < -0.3 is 5.73 Å². The van der Waals surface area contributed by atoms with E-state index < -0.39 is 5.84 Å². The van der Waals surface area contributed by atoms with Crippen LogP contribution in [0, 0.1) is 16.7 Å². The van der Waals surface area contributed by atoms with E-state index in [1.807, 2.05) is 6.07 Å². The lowest BCUT2D eigenvalue weighted by atomic mass is 10.0. The molecule has 0 aliphatic heterocycles. The fourth-order valence-electron chi connectivity index (χ4n) is 1.75. The van der Waals surface area contributed by atoms with E-state index in [0.717, 1.165) is 0 Å². The number of nitriles is 1. The topological polar surface area (TPSA) is 115 Å². The van der Waals surface area contributed by atoms with Gasteiger partial charge in [-0.2, -0.15) is 10.4 Å². The van der Waals surface area contributed by atoms with E-state index in [4.69, 9.17) is 16.4 Å². The highest BCUT2D eigenvalue weighted by Gasteiger charge is 2.09. The first-order valence-electron chi connectivity index (χ1n) is 6.40. The van der Waals surface area contributed by atoms with E-state index in [-0.39, 0.29) is 11.5 Å². The Balaban J connectivity index is 2.23. The molecule has 0 aliphatic rings. The van der Waals surface area contributed by atoms with Crippen LogP contribution < -0.4 is 11.2 Å². The van der Waals surface area contributed by atoms with E-state index in [1.165, 1.54) is 0 Å². The number of nitrogens with two attached hydrogens (primary N) is 1. The monoisotopic (exact) mass is 291 g/mol. The second-order valence-corrected chi connectivity index (χ2v) is 4.37. The van der Waals surface area contributed by atoms with E-state index in [1.54, 1.807) is 54.6 Å². The Hall–Kier alpha value is -3.46. The lowest BCUT2D eigenvalue weighted by Crippen LogP contribution is -2.21. The summed E-state index contributed by atoms with van der Waals surface area (Å²) in [6.07, 6.45) is 0. The first-order valence-corrected chi connectivity index (χ1v) is 6.40. The third-order valence-corrected chi connectivity index (χ3v) is 2.82. The average molecular weight is 291 g/mol. The third-order valence-electron chi connectivity index (χ3n) is 2.82. The smallest absolute Gasteiger partial charge is 0.201 e. The van der Waals surface area contributed by atoms with Gasteiger partial charge in [-0.15, -0.1) is 0 Å². The normalized spacial score (nSPS) is 10.6. The number of hydrazone groups is 1. The zero-order valence-electron chi connectivity index (χ0n) is 11.6. The highest BCUT2D eigenvalue weighted by atomic mass is 16.1. The molecule has 2 aromatic rings. The standard InChI is InChI=1S/C16H13N5O/c17-10-14(16(18)19)21-20-13-8-4-7-12(9-13)15(22)11-5-2-1-3-6-11/h1-9,20H,(H3,18,19)/b21-14+. The number of amidine groups is 1. The SMILES string of the molecule is N#C/C(=N\Nc1cccc(C(=O)c2ccccc2)c1)C(=N)N. The molecule has 0 radical (unpaired) electrons. The van der Waals surface area contributed by atoms with Crippen molar-refractivity contribution in [2.24, 2.45) is 10.8 Å². The highest BCUT2D eigenvalue weighted by Crippen LogP contribution is 2.15. The molecule has 2 rings (SSSR count). The van der Waals surface area contributed by atoms with E-state index in [2.05, 4.69) is 10.5 Å². The second-order valence-electron chi connectivity index (χ2n) is 4.37. The van der Waals surface area contributed by atoms with Crippen LogP contribution in [0.2, 0.25) is 0 Å². The Kier molecular flexibility index (Phi) is 4.63. The summed E-state index contributed by atoms with van der Waals surface area (Å²) in [6, 6.07) is 17.3. The van der Waals surface area contributed by atoms with Crippen molar-refractivity contribution in [1.82, 2.24) is 0 Å². The number of anilines is 1. The molecule has 0 saturated carbocycles. The Labute approximate surface area is 127 Å². The summed E-state index contributed by atoms with van der Waals surface area (Å²) in [5.74, 6) is -0.535. The average Bonchev–Trinajstić information content (AvgIpc) is 2.55. The van der Waals surface area contributed by atoms with Gasteiger partial charge in [-0.05, 0) is 12.1 Å². The lowest BCUT2D eigenvalue weighted by molar-refractivity contribution is 0.103. The van der Waals surface area contributed by atoms with Crippen LogP contribution >= 0.6 is 0 Å². The van der Waals surface area contributed by atoms with Gasteiger partial charge in [-0.25, -0.2) is 0 Å². The molecule has 0 aromatic heterocycles. The maximum atomic E-state index is 12.3. The van der Waals surface area contributed by atoms with Gasteiger partial charge in [0.2, 0.25) is 5.71 Å². The molecular weight excluding hydrogens is 278 g/mol. The van der Waals surface area contributed by atoms with Crippen LogP contribution in [0.1, 0.15) is 15.9 Å². The van der Waals surface area contributed by atoms with Crippen LogP contribution in [-0.4, -0.2) is 17.3 Å². The van der Waals surface area contributed by atoms with Gasteiger partial charge in [-0.1, -0.05) is 42.5 Å². The summed E-state index contributed by atoms with van der Waals surface area (Å²) < 4.78 is 0. The van der Waals surface area contributed by atoms with Crippen molar-refractivity contribution in [2.75, 3.05) is 5.43 Å². The number of carbonyl (C=O) groups is 1. The van der Waals surface area contributed by atoms with Gasteiger partial charge >= 0.3 is 0 Å². The van der Waals surface area contributed by atoms with Gasteiger partial charge in [0.15, 0.2) is 11.6 Å². The molecule has 6 heteroatoms. The molecule has 0 fully saturated rings. The Bertz CT molecular complexity index is 775. The van der Waals surface area contributed by atoms with Crippen LogP contribution in [-0.2, 0) is 0 Å². The molecule has 0 heterocycles. The Morgan fingerprint density at radius 1 is 1.14 bits per heavy atom. The third kappa shape index (κ3) is 3.55. The number of nitrogens with one attached hydrogen (secondary N) is 2.